The van der Waals surface area contributed by atoms with Gasteiger partial charge in [-0.25, -0.2) is 14.4 Å². The number of rotatable bonds is 1. The van der Waals surface area contributed by atoms with Crippen molar-refractivity contribution in [2.75, 3.05) is 0 Å². The predicted octanol–water partition coefficient (Wildman–Crippen LogP) is 4.30. The molecule has 23 heavy (non-hydrogen) atoms. The van der Waals surface area contributed by atoms with Crippen LogP contribution in [0.25, 0.3) is 11.4 Å². The van der Waals surface area contributed by atoms with Crippen molar-refractivity contribution in [2.24, 2.45) is 0 Å². The quantitative estimate of drug-likeness (QED) is 0.626. The van der Waals surface area contributed by atoms with E-state index in [0.717, 1.165) is 11.1 Å². The zero-order valence-electron chi connectivity index (χ0n) is 13.0. The molecule has 1 heterocycles. The summed E-state index contributed by atoms with van der Waals surface area (Å²) in [6.45, 7) is 3.88. The Morgan fingerprint density at radius 2 is 1.48 bits per heavy atom. The Balaban J connectivity index is 1.83. The minimum Gasteiger partial charge on any atom is -0.235 e. The van der Waals surface area contributed by atoms with Gasteiger partial charge in [0.1, 0.15) is 5.82 Å². The van der Waals surface area contributed by atoms with Crippen LogP contribution in [0.5, 0.6) is 0 Å². The summed E-state index contributed by atoms with van der Waals surface area (Å²) in [5.74, 6) is 6.05. The van der Waals surface area contributed by atoms with E-state index in [4.69, 9.17) is 0 Å². The van der Waals surface area contributed by atoms with Gasteiger partial charge in [0.15, 0.2) is 5.82 Å². The van der Waals surface area contributed by atoms with Gasteiger partial charge in [0.25, 0.3) is 0 Å². The summed E-state index contributed by atoms with van der Waals surface area (Å²) in [6, 6.07) is 13.0. The lowest BCUT2D eigenvalue weighted by Crippen LogP contribution is -1.90. The lowest BCUT2D eigenvalue weighted by molar-refractivity contribution is 0.623. The van der Waals surface area contributed by atoms with Crippen LogP contribution in [-0.4, -0.2) is 9.97 Å². The fourth-order valence-corrected chi connectivity index (χ4v) is 2.11. The molecule has 3 rings (SSSR count). The summed E-state index contributed by atoms with van der Waals surface area (Å²) in [6.07, 6.45) is 3.31. The normalized spacial score (nSPS) is 10.0. The Labute approximate surface area is 135 Å². The lowest BCUT2D eigenvalue weighted by Gasteiger charge is -2.00. The summed E-state index contributed by atoms with van der Waals surface area (Å²) in [5, 5.41) is 0. The first-order valence-corrected chi connectivity index (χ1v) is 7.29. The second-order valence-corrected chi connectivity index (χ2v) is 5.39. The van der Waals surface area contributed by atoms with Crippen LogP contribution in [0.2, 0.25) is 0 Å². The average Bonchev–Trinajstić information content (AvgIpc) is 2.55. The van der Waals surface area contributed by atoms with Gasteiger partial charge in [0, 0.05) is 18.0 Å². The molecule has 0 aliphatic heterocycles. The minimum absolute atomic E-state index is 0.310. The van der Waals surface area contributed by atoms with E-state index < -0.39 is 0 Å². The SMILES string of the molecule is Cc1ccc(-c2ncc(C#Cc3ccc(C)cc3F)cn2)cc1. The van der Waals surface area contributed by atoms with Gasteiger partial charge in [0.2, 0.25) is 0 Å². The Bertz CT molecular complexity index is 886. The van der Waals surface area contributed by atoms with Gasteiger partial charge in [-0.05, 0) is 31.5 Å². The smallest absolute Gasteiger partial charge is 0.159 e. The molecule has 0 atom stereocenters. The number of nitrogens with zero attached hydrogens (tertiary/aromatic N) is 2. The highest BCUT2D eigenvalue weighted by atomic mass is 19.1. The third-order valence-electron chi connectivity index (χ3n) is 3.43. The molecule has 0 amide bonds. The second kappa shape index (κ2) is 6.41. The molecule has 1 aromatic heterocycles. The van der Waals surface area contributed by atoms with E-state index in [2.05, 4.69) is 21.8 Å². The summed E-state index contributed by atoms with van der Waals surface area (Å²) < 4.78 is 13.7. The van der Waals surface area contributed by atoms with E-state index in [9.17, 15) is 4.39 Å². The van der Waals surface area contributed by atoms with Crippen LogP contribution in [0.4, 0.5) is 4.39 Å². The molecule has 0 fully saturated rings. The van der Waals surface area contributed by atoms with Crippen LogP contribution in [0, 0.1) is 31.5 Å². The van der Waals surface area contributed by atoms with Crippen molar-refractivity contribution in [3.8, 4) is 23.2 Å². The van der Waals surface area contributed by atoms with E-state index in [-0.39, 0.29) is 5.82 Å². The second-order valence-electron chi connectivity index (χ2n) is 5.39. The predicted molar refractivity (Wildman–Crippen MR) is 89.3 cm³/mol. The van der Waals surface area contributed by atoms with Crippen molar-refractivity contribution in [3.63, 3.8) is 0 Å². The number of hydrogen-bond acceptors (Lipinski definition) is 2. The third-order valence-corrected chi connectivity index (χ3v) is 3.43. The lowest BCUT2D eigenvalue weighted by atomic mass is 10.1. The number of hydrogen-bond donors (Lipinski definition) is 0. The highest BCUT2D eigenvalue weighted by Crippen LogP contribution is 2.15. The molecule has 0 aliphatic carbocycles. The van der Waals surface area contributed by atoms with Gasteiger partial charge in [-0.3, -0.25) is 0 Å². The maximum atomic E-state index is 13.7. The van der Waals surface area contributed by atoms with Crippen LogP contribution in [-0.2, 0) is 0 Å². The van der Waals surface area contributed by atoms with Gasteiger partial charge < -0.3 is 0 Å². The van der Waals surface area contributed by atoms with Gasteiger partial charge in [0.05, 0.1) is 11.1 Å². The van der Waals surface area contributed by atoms with Gasteiger partial charge in [-0.1, -0.05) is 47.7 Å². The molecule has 3 heteroatoms. The molecule has 0 spiro atoms. The van der Waals surface area contributed by atoms with Crippen molar-refractivity contribution in [2.45, 2.75) is 13.8 Å². The van der Waals surface area contributed by atoms with E-state index >= 15 is 0 Å². The molecule has 0 saturated heterocycles. The number of aryl methyl sites for hydroxylation is 2. The molecule has 0 unspecified atom stereocenters. The van der Waals surface area contributed by atoms with Crippen LogP contribution < -0.4 is 0 Å². The maximum Gasteiger partial charge on any atom is 0.159 e. The fourth-order valence-electron chi connectivity index (χ4n) is 2.11. The van der Waals surface area contributed by atoms with E-state index in [0.29, 0.717) is 17.0 Å². The fraction of sp³-hybridized carbons (Fsp3) is 0.100. The first-order chi connectivity index (χ1) is 11.1. The van der Waals surface area contributed by atoms with Crippen LogP contribution in [0.1, 0.15) is 22.3 Å². The summed E-state index contributed by atoms with van der Waals surface area (Å²) >= 11 is 0. The zero-order chi connectivity index (χ0) is 16.2. The summed E-state index contributed by atoms with van der Waals surface area (Å²) in [7, 11) is 0. The molecule has 0 aliphatic rings. The van der Waals surface area contributed by atoms with Crippen molar-refractivity contribution >= 4 is 0 Å². The summed E-state index contributed by atoms with van der Waals surface area (Å²) in [4.78, 5) is 8.64. The Morgan fingerprint density at radius 1 is 0.826 bits per heavy atom. The molecule has 0 radical (unpaired) electrons. The third kappa shape index (κ3) is 3.61. The monoisotopic (exact) mass is 302 g/mol. The molecule has 112 valence electrons. The number of benzene rings is 2. The van der Waals surface area contributed by atoms with Crippen LogP contribution >= 0.6 is 0 Å². The number of aromatic nitrogens is 2. The van der Waals surface area contributed by atoms with Crippen molar-refractivity contribution in [1.29, 1.82) is 0 Å². The van der Waals surface area contributed by atoms with Crippen LogP contribution in [0.15, 0.2) is 54.9 Å². The Hall–Kier alpha value is -2.99. The average molecular weight is 302 g/mol. The highest BCUT2D eigenvalue weighted by molar-refractivity contribution is 5.55. The van der Waals surface area contributed by atoms with Gasteiger partial charge in [-0.2, -0.15) is 0 Å². The molecule has 2 aromatic carbocycles. The summed E-state index contributed by atoms with van der Waals surface area (Å²) in [5.41, 5.74) is 4.05. The standard InChI is InChI=1S/C20H15FN2/c1-14-3-8-18(9-4-14)20-22-12-16(13-23-20)6-10-17-7-5-15(2)11-19(17)21/h3-5,7-9,11-13H,1-2H3. The topological polar surface area (TPSA) is 25.8 Å². The maximum absolute atomic E-state index is 13.7. The van der Waals surface area contributed by atoms with Crippen molar-refractivity contribution in [3.05, 3.63) is 82.9 Å². The zero-order valence-corrected chi connectivity index (χ0v) is 13.0. The molecular weight excluding hydrogens is 287 g/mol. The molecule has 3 aromatic rings. The largest absolute Gasteiger partial charge is 0.235 e. The molecule has 0 bridgehead atoms. The first-order valence-electron chi connectivity index (χ1n) is 7.29. The minimum atomic E-state index is -0.310. The Morgan fingerprint density at radius 3 is 2.13 bits per heavy atom. The van der Waals surface area contributed by atoms with Crippen molar-refractivity contribution in [1.82, 2.24) is 9.97 Å². The molecule has 2 nitrogen and oxygen atoms in total. The number of halogens is 1. The van der Waals surface area contributed by atoms with Gasteiger partial charge >= 0.3 is 0 Å². The van der Waals surface area contributed by atoms with Crippen molar-refractivity contribution < 1.29 is 4.39 Å². The van der Waals surface area contributed by atoms with E-state index in [1.165, 1.54) is 11.6 Å². The van der Waals surface area contributed by atoms with Crippen LogP contribution in [0.3, 0.4) is 0 Å². The molecular formula is C20H15FN2. The first kappa shape index (κ1) is 14.9. The Kier molecular flexibility index (Phi) is 4.16. The van der Waals surface area contributed by atoms with E-state index in [1.807, 2.05) is 44.2 Å². The highest BCUT2D eigenvalue weighted by Gasteiger charge is 2.01. The molecule has 0 N–H and O–H groups in total. The molecule has 0 saturated carbocycles. The van der Waals surface area contributed by atoms with E-state index in [1.54, 1.807) is 18.5 Å². The van der Waals surface area contributed by atoms with Gasteiger partial charge in [-0.15, -0.1) is 0 Å².